The fourth-order valence-electron chi connectivity index (χ4n) is 1.55. The molecule has 0 radical (unpaired) electrons. The van der Waals surface area contributed by atoms with Crippen LogP contribution in [0.5, 0.6) is 0 Å². The van der Waals surface area contributed by atoms with E-state index >= 15 is 0 Å². The number of hydrogen-bond acceptors (Lipinski definition) is 3. The maximum atomic E-state index is 11.9. The van der Waals surface area contributed by atoms with Gasteiger partial charge in [-0.3, -0.25) is 0 Å². The van der Waals surface area contributed by atoms with Crippen molar-refractivity contribution in [2.75, 3.05) is 12.3 Å². The summed E-state index contributed by atoms with van der Waals surface area (Å²) in [6, 6.07) is 7.09. The van der Waals surface area contributed by atoms with Gasteiger partial charge in [-0.1, -0.05) is 25.1 Å². The van der Waals surface area contributed by atoms with Crippen LogP contribution in [0.3, 0.4) is 0 Å². The summed E-state index contributed by atoms with van der Waals surface area (Å²) in [4.78, 5) is 0.442. The van der Waals surface area contributed by atoms with E-state index in [-0.39, 0.29) is 5.75 Å². The van der Waals surface area contributed by atoms with Crippen molar-refractivity contribution in [2.24, 2.45) is 5.73 Å². The molecule has 0 aliphatic heterocycles. The molecule has 15 heavy (non-hydrogen) atoms. The van der Waals surface area contributed by atoms with E-state index in [2.05, 4.69) is 0 Å². The quantitative estimate of drug-likeness (QED) is 0.826. The van der Waals surface area contributed by atoms with Crippen LogP contribution in [0.4, 0.5) is 0 Å². The Hall–Kier alpha value is -0.870. The summed E-state index contributed by atoms with van der Waals surface area (Å²) in [5.74, 6) is 0.203. The van der Waals surface area contributed by atoms with Gasteiger partial charge in [-0.15, -0.1) is 0 Å². The van der Waals surface area contributed by atoms with Crippen LogP contribution in [0.2, 0.25) is 0 Å². The molecule has 3 nitrogen and oxygen atoms in total. The van der Waals surface area contributed by atoms with Gasteiger partial charge in [0, 0.05) is 0 Å². The highest BCUT2D eigenvalue weighted by molar-refractivity contribution is 7.91. The third kappa shape index (κ3) is 3.04. The van der Waals surface area contributed by atoms with Crippen LogP contribution < -0.4 is 5.73 Å². The van der Waals surface area contributed by atoms with Crippen LogP contribution in [0, 0.1) is 0 Å². The minimum Gasteiger partial charge on any atom is -0.330 e. The first-order chi connectivity index (χ1) is 7.11. The van der Waals surface area contributed by atoms with Gasteiger partial charge in [0.1, 0.15) is 0 Å². The molecule has 0 atom stereocenters. The predicted molar refractivity (Wildman–Crippen MR) is 61.5 cm³/mol. The molecular weight excluding hydrogens is 210 g/mol. The Balaban J connectivity index is 3.12. The first-order valence-electron chi connectivity index (χ1n) is 5.12. The van der Waals surface area contributed by atoms with Gasteiger partial charge in [-0.05, 0) is 31.0 Å². The zero-order chi connectivity index (χ0) is 11.3. The minimum absolute atomic E-state index is 0.203. The van der Waals surface area contributed by atoms with Crippen LogP contribution in [-0.2, 0) is 16.3 Å². The van der Waals surface area contributed by atoms with Gasteiger partial charge >= 0.3 is 0 Å². The number of benzene rings is 1. The van der Waals surface area contributed by atoms with Crippen molar-refractivity contribution < 1.29 is 8.42 Å². The Bertz CT molecular complexity index is 412. The summed E-state index contributed by atoms with van der Waals surface area (Å²) >= 11 is 0. The van der Waals surface area contributed by atoms with Crippen LogP contribution in [0.15, 0.2) is 29.2 Å². The molecule has 1 rings (SSSR count). The predicted octanol–water partition coefficient (Wildman–Crippen LogP) is 1.37. The lowest BCUT2D eigenvalue weighted by atomic mass is 10.1. The van der Waals surface area contributed by atoms with E-state index in [0.717, 1.165) is 5.56 Å². The van der Waals surface area contributed by atoms with E-state index < -0.39 is 9.84 Å². The summed E-state index contributed by atoms with van der Waals surface area (Å²) in [6.45, 7) is 2.34. The number of rotatable bonds is 5. The second-order valence-electron chi connectivity index (χ2n) is 3.47. The molecule has 0 saturated heterocycles. The fraction of sp³-hybridized carbons (Fsp3) is 0.455. The number of hydrogen-bond donors (Lipinski definition) is 1. The average molecular weight is 227 g/mol. The molecule has 0 heterocycles. The second kappa shape index (κ2) is 5.28. The van der Waals surface area contributed by atoms with E-state index in [1.165, 1.54) is 0 Å². The lowest BCUT2D eigenvalue weighted by Gasteiger charge is -2.08. The van der Waals surface area contributed by atoms with Crippen molar-refractivity contribution in [3.05, 3.63) is 29.8 Å². The van der Waals surface area contributed by atoms with Gasteiger partial charge in [0.05, 0.1) is 10.6 Å². The second-order valence-corrected chi connectivity index (χ2v) is 5.54. The summed E-state index contributed by atoms with van der Waals surface area (Å²) in [5, 5.41) is 0. The SMILES string of the molecule is CCCS(=O)(=O)c1ccccc1CCN. The molecule has 0 aliphatic carbocycles. The van der Waals surface area contributed by atoms with Gasteiger partial charge in [0.15, 0.2) is 9.84 Å². The molecule has 1 aromatic rings. The van der Waals surface area contributed by atoms with Crippen LogP contribution in [-0.4, -0.2) is 20.7 Å². The van der Waals surface area contributed by atoms with Crippen LogP contribution >= 0.6 is 0 Å². The van der Waals surface area contributed by atoms with E-state index in [0.29, 0.717) is 24.3 Å². The standard InChI is InChI=1S/C11H17NO2S/c1-2-9-15(13,14)11-6-4-3-5-10(11)7-8-12/h3-6H,2,7-9,12H2,1H3. The number of sulfone groups is 1. The number of nitrogens with two attached hydrogens (primary N) is 1. The molecule has 84 valence electrons. The highest BCUT2D eigenvalue weighted by Gasteiger charge is 2.16. The molecule has 0 amide bonds. The van der Waals surface area contributed by atoms with E-state index in [4.69, 9.17) is 5.73 Å². The Labute approximate surface area is 91.2 Å². The summed E-state index contributed by atoms with van der Waals surface area (Å²) in [7, 11) is -3.12. The maximum absolute atomic E-state index is 11.9. The molecule has 0 spiro atoms. The van der Waals surface area contributed by atoms with Crippen molar-refractivity contribution in [1.29, 1.82) is 0 Å². The third-order valence-corrected chi connectivity index (χ3v) is 4.21. The summed E-state index contributed by atoms with van der Waals surface area (Å²) in [6.07, 6.45) is 1.25. The third-order valence-electron chi connectivity index (χ3n) is 2.19. The van der Waals surface area contributed by atoms with Gasteiger partial charge in [0.2, 0.25) is 0 Å². The average Bonchev–Trinajstić information content (AvgIpc) is 2.19. The lowest BCUT2D eigenvalue weighted by Crippen LogP contribution is -2.11. The van der Waals surface area contributed by atoms with Gasteiger partial charge in [0.25, 0.3) is 0 Å². The Morgan fingerprint density at radius 3 is 2.53 bits per heavy atom. The summed E-state index contributed by atoms with van der Waals surface area (Å²) < 4.78 is 23.8. The molecule has 0 bridgehead atoms. The Kier molecular flexibility index (Phi) is 4.29. The fourth-order valence-corrected chi connectivity index (χ4v) is 3.16. The largest absolute Gasteiger partial charge is 0.330 e. The zero-order valence-electron chi connectivity index (χ0n) is 8.94. The van der Waals surface area contributed by atoms with Crippen LogP contribution in [0.25, 0.3) is 0 Å². The molecule has 0 aliphatic rings. The monoisotopic (exact) mass is 227 g/mol. The van der Waals surface area contributed by atoms with E-state index in [9.17, 15) is 8.42 Å². The maximum Gasteiger partial charge on any atom is 0.178 e. The highest BCUT2D eigenvalue weighted by Crippen LogP contribution is 2.17. The van der Waals surface area contributed by atoms with Crippen LogP contribution in [0.1, 0.15) is 18.9 Å². The van der Waals surface area contributed by atoms with Crippen molar-refractivity contribution in [1.82, 2.24) is 0 Å². The summed E-state index contributed by atoms with van der Waals surface area (Å²) in [5.41, 5.74) is 6.28. The Morgan fingerprint density at radius 2 is 1.93 bits per heavy atom. The molecule has 0 unspecified atom stereocenters. The molecule has 1 aromatic carbocycles. The lowest BCUT2D eigenvalue weighted by molar-refractivity contribution is 0.593. The van der Waals surface area contributed by atoms with Crippen molar-refractivity contribution >= 4 is 9.84 Å². The highest BCUT2D eigenvalue weighted by atomic mass is 32.2. The smallest absolute Gasteiger partial charge is 0.178 e. The molecule has 0 fully saturated rings. The minimum atomic E-state index is -3.12. The molecule has 0 saturated carbocycles. The first-order valence-corrected chi connectivity index (χ1v) is 6.77. The first kappa shape index (κ1) is 12.2. The van der Waals surface area contributed by atoms with Gasteiger partial charge < -0.3 is 5.73 Å². The van der Waals surface area contributed by atoms with E-state index in [1.54, 1.807) is 12.1 Å². The van der Waals surface area contributed by atoms with Gasteiger partial charge in [-0.25, -0.2) is 8.42 Å². The topological polar surface area (TPSA) is 60.2 Å². The van der Waals surface area contributed by atoms with Crippen molar-refractivity contribution in [3.63, 3.8) is 0 Å². The normalized spacial score (nSPS) is 11.6. The Morgan fingerprint density at radius 1 is 1.27 bits per heavy atom. The van der Waals surface area contributed by atoms with Crippen molar-refractivity contribution in [3.8, 4) is 0 Å². The zero-order valence-corrected chi connectivity index (χ0v) is 9.76. The van der Waals surface area contributed by atoms with Gasteiger partial charge in [-0.2, -0.15) is 0 Å². The van der Waals surface area contributed by atoms with E-state index in [1.807, 2.05) is 19.1 Å². The molecule has 0 aromatic heterocycles. The van der Waals surface area contributed by atoms with Crippen molar-refractivity contribution in [2.45, 2.75) is 24.7 Å². The molecular formula is C11H17NO2S. The molecule has 2 N–H and O–H groups in total. The molecule has 4 heteroatoms.